The van der Waals surface area contributed by atoms with Crippen LogP contribution in [0, 0.1) is 23.7 Å². The second-order valence-electron chi connectivity index (χ2n) is 11.4. The minimum absolute atomic E-state index is 0.0144. The van der Waals surface area contributed by atoms with Crippen LogP contribution < -0.4 is 5.32 Å². The number of hydrogen-bond donors (Lipinski definition) is 2. The maximum Gasteiger partial charge on any atom is 0.326 e. The molecule has 6 rings (SSSR count). The number of rotatable bonds is 8. The Morgan fingerprint density at radius 2 is 1.84 bits per heavy atom. The molecular formula is C28H37NO9. The van der Waals surface area contributed by atoms with Crippen molar-refractivity contribution in [3.05, 3.63) is 35.9 Å². The fourth-order valence-electron chi connectivity index (χ4n) is 6.73. The van der Waals surface area contributed by atoms with E-state index in [0.29, 0.717) is 12.3 Å². The Morgan fingerprint density at radius 1 is 1.08 bits per heavy atom. The van der Waals surface area contributed by atoms with Gasteiger partial charge in [0.15, 0.2) is 11.9 Å². The fourth-order valence-corrected chi connectivity index (χ4v) is 6.73. The highest BCUT2D eigenvalue weighted by Crippen LogP contribution is 2.60. The third-order valence-corrected chi connectivity index (χ3v) is 8.82. The Hall–Kier alpha value is -2.53. The van der Waals surface area contributed by atoms with Crippen molar-refractivity contribution in [3.8, 4) is 0 Å². The summed E-state index contributed by atoms with van der Waals surface area (Å²) in [6.45, 7) is 6.05. The number of benzene rings is 1. The number of carbonyl (C=O) groups is 3. The third-order valence-electron chi connectivity index (χ3n) is 8.82. The van der Waals surface area contributed by atoms with Crippen LogP contribution >= 0.6 is 0 Å². The van der Waals surface area contributed by atoms with Crippen LogP contribution in [0.1, 0.15) is 64.9 Å². The summed E-state index contributed by atoms with van der Waals surface area (Å²) in [4.78, 5) is 48.8. The SMILES string of the molecule is C[C@H]1[C@H](OC(=O)CCC(=O)N[C@H](Cc2ccccc2)C(=O)O)O[C@H]2O[C@@]3(C)CC[C@H]4[C@@H](C)CC[C@H]1[C@]24OO3. The van der Waals surface area contributed by atoms with Gasteiger partial charge in [-0.1, -0.05) is 44.2 Å². The summed E-state index contributed by atoms with van der Waals surface area (Å²) in [5, 5.41) is 12.0. The van der Waals surface area contributed by atoms with E-state index in [1.54, 1.807) is 24.3 Å². The van der Waals surface area contributed by atoms with E-state index in [1.807, 2.05) is 19.9 Å². The Bertz CT molecular complexity index is 1050. The van der Waals surface area contributed by atoms with Gasteiger partial charge in [-0.15, -0.1) is 0 Å². The van der Waals surface area contributed by atoms with E-state index in [0.717, 1.165) is 24.8 Å². The van der Waals surface area contributed by atoms with E-state index in [-0.39, 0.29) is 37.0 Å². The van der Waals surface area contributed by atoms with Crippen molar-refractivity contribution >= 4 is 17.8 Å². The highest BCUT2D eigenvalue weighted by atomic mass is 17.3. The minimum Gasteiger partial charge on any atom is -0.480 e. The number of carboxylic acids is 1. The Kier molecular flexibility index (Phi) is 7.52. The predicted octanol–water partition coefficient (Wildman–Crippen LogP) is 3.33. The zero-order valence-electron chi connectivity index (χ0n) is 22.1. The van der Waals surface area contributed by atoms with Crippen LogP contribution in [0.3, 0.4) is 0 Å². The van der Waals surface area contributed by atoms with Gasteiger partial charge in [0.25, 0.3) is 0 Å². The molecular weight excluding hydrogens is 494 g/mol. The summed E-state index contributed by atoms with van der Waals surface area (Å²) >= 11 is 0. The van der Waals surface area contributed by atoms with Gasteiger partial charge in [-0.2, -0.15) is 0 Å². The number of carbonyl (C=O) groups excluding carboxylic acids is 2. The molecule has 1 aromatic rings. The van der Waals surface area contributed by atoms with E-state index in [4.69, 9.17) is 24.0 Å². The van der Waals surface area contributed by atoms with Gasteiger partial charge in [0.2, 0.25) is 18.0 Å². The smallest absolute Gasteiger partial charge is 0.326 e. The van der Waals surface area contributed by atoms with Crippen molar-refractivity contribution in [2.75, 3.05) is 0 Å². The average molecular weight is 532 g/mol. The van der Waals surface area contributed by atoms with Crippen molar-refractivity contribution in [1.82, 2.24) is 5.32 Å². The van der Waals surface area contributed by atoms with Crippen molar-refractivity contribution in [3.63, 3.8) is 0 Å². The highest BCUT2D eigenvalue weighted by molar-refractivity contribution is 5.86. The monoisotopic (exact) mass is 531 g/mol. The summed E-state index contributed by atoms with van der Waals surface area (Å²) in [5.74, 6) is -2.72. The molecule has 0 radical (unpaired) electrons. The molecule has 4 saturated heterocycles. The first kappa shape index (κ1) is 27.1. The topological polar surface area (TPSA) is 130 Å². The molecule has 5 aliphatic rings. The van der Waals surface area contributed by atoms with Crippen LogP contribution in [0.5, 0.6) is 0 Å². The van der Waals surface area contributed by atoms with Gasteiger partial charge in [0.1, 0.15) is 6.04 Å². The molecule has 4 aliphatic heterocycles. The number of ether oxygens (including phenoxy) is 3. The van der Waals surface area contributed by atoms with Gasteiger partial charge < -0.3 is 24.6 Å². The average Bonchev–Trinajstić information content (AvgIpc) is 3.12. The normalized spacial score (nSPS) is 38.4. The Morgan fingerprint density at radius 3 is 2.58 bits per heavy atom. The van der Waals surface area contributed by atoms with Crippen LogP contribution in [0.2, 0.25) is 0 Å². The van der Waals surface area contributed by atoms with Crippen molar-refractivity contribution in [2.24, 2.45) is 23.7 Å². The lowest BCUT2D eigenvalue weighted by Gasteiger charge is -2.59. The summed E-state index contributed by atoms with van der Waals surface area (Å²) in [5.41, 5.74) is 0.0401. The zero-order valence-corrected chi connectivity index (χ0v) is 22.1. The highest BCUT2D eigenvalue weighted by Gasteiger charge is 2.69. The summed E-state index contributed by atoms with van der Waals surface area (Å²) in [6, 6.07) is 7.95. The molecule has 2 N–H and O–H groups in total. The van der Waals surface area contributed by atoms with Gasteiger partial charge in [-0.25, -0.2) is 14.6 Å². The molecule has 208 valence electrons. The molecule has 1 aliphatic carbocycles. The van der Waals surface area contributed by atoms with Gasteiger partial charge >= 0.3 is 11.9 Å². The van der Waals surface area contributed by atoms with Gasteiger partial charge in [0.05, 0.1) is 6.42 Å². The molecule has 0 unspecified atom stereocenters. The van der Waals surface area contributed by atoms with Crippen LogP contribution in [0.4, 0.5) is 0 Å². The van der Waals surface area contributed by atoms with Crippen molar-refractivity contribution in [2.45, 2.75) is 95.7 Å². The molecule has 0 aromatic heterocycles. The predicted molar refractivity (Wildman–Crippen MR) is 132 cm³/mol. The molecule has 1 spiro atoms. The molecule has 1 saturated carbocycles. The number of amides is 1. The third kappa shape index (κ3) is 5.06. The second-order valence-corrected chi connectivity index (χ2v) is 11.4. The lowest BCUT2D eigenvalue weighted by atomic mass is 9.58. The molecule has 4 heterocycles. The fraction of sp³-hybridized carbons (Fsp3) is 0.679. The second kappa shape index (κ2) is 10.6. The number of nitrogens with one attached hydrogen (secondary N) is 1. The van der Waals surface area contributed by atoms with Crippen LogP contribution in [-0.4, -0.2) is 53.0 Å². The minimum atomic E-state index is -1.14. The number of carboxylic acid groups (broad SMARTS) is 1. The van der Waals surface area contributed by atoms with Gasteiger partial charge in [0, 0.05) is 31.1 Å². The molecule has 1 aromatic carbocycles. The first-order valence-corrected chi connectivity index (χ1v) is 13.6. The lowest BCUT2D eigenvalue weighted by molar-refractivity contribution is -0.576. The van der Waals surface area contributed by atoms with Crippen molar-refractivity contribution < 1.29 is 43.5 Å². The molecule has 38 heavy (non-hydrogen) atoms. The molecule has 5 fully saturated rings. The Labute approximate surface area is 222 Å². The molecule has 9 atom stereocenters. The van der Waals surface area contributed by atoms with Gasteiger partial charge in [-0.05, 0) is 43.6 Å². The lowest BCUT2D eigenvalue weighted by Crippen LogP contribution is -2.70. The summed E-state index contributed by atoms with van der Waals surface area (Å²) in [6.07, 6.45) is 1.67. The standard InChI is InChI=1S/C28H37NO9/c1-16-9-10-20-17(2)25(35-26-28(20)19(16)13-14-27(3,36-26)37-38-28)34-23(31)12-11-22(30)29-21(24(32)33)15-18-7-5-4-6-8-18/h4-8,16-17,19-21,25-26H,9-15H2,1-3H3,(H,29,30)(H,32,33)/t16-,17+,19-,20+,21+,25+,26-,27+,28-/m0/s1. The first-order valence-electron chi connectivity index (χ1n) is 13.6. The van der Waals surface area contributed by atoms with Crippen LogP contribution in [0.15, 0.2) is 30.3 Å². The number of fused-ring (bicyclic) bond motifs is 2. The van der Waals surface area contributed by atoms with E-state index in [1.165, 1.54) is 0 Å². The number of hydrogen-bond acceptors (Lipinski definition) is 8. The first-order chi connectivity index (χ1) is 18.1. The number of esters is 1. The largest absolute Gasteiger partial charge is 0.480 e. The van der Waals surface area contributed by atoms with Gasteiger partial charge in [-0.3, -0.25) is 9.59 Å². The summed E-state index contributed by atoms with van der Waals surface area (Å²) < 4.78 is 18.2. The van der Waals surface area contributed by atoms with E-state index in [9.17, 15) is 19.5 Å². The maximum atomic E-state index is 12.8. The molecule has 2 bridgehead atoms. The van der Waals surface area contributed by atoms with Crippen molar-refractivity contribution in [1.29, 1.82) is 0 Å². The molecule has 1 amide bonds. The zero-order chi connectivity index (χ0) is 27.1. The van der Waals surface area contributed by atoms with E-state index in [2.05, 4.69) is 12.2 Å². The van der Waals surface area contributed by atoms with E-state index < -0.39 is 47.9 Å². The molecule has 10 heteroatoms. The van der Waals surface area contributed by atoms with E-state index >= 15 is 0 Å². The Balaban J connectivity index is 1.19. The maximum absolute atomic E-state index is 12.8. The number of aliphatic carboxylic acids is 1. The summed E-state index contributed by atoms with van der Waals surface area (Å²) in [7, 11) is 0. The molecule has 10 nitrogen and oxygen atoms in total. The van der Waals surface area contributed by atoms with Crippen LogP contribution in [0.25, 0.3) is 0 Å². The van der Waals surface area contributed by atoms with Crippen LogP contribution in [-0.2, 0) is 44.8 Å². The quantitative estimate of drug-likeness (QED) is 0.383.